The Morgan fingerprint density at radius 2 is 1.71 bits per heavy atom. The average Bonchev–Trinajstić information content (AvgIpc) is 2.89. The molecule has 0 saturated heterocycles. The minimum Gasteiger partial charge on any atom is -0.495 e. The van der Waals surface area contributed by atoms with E-state index < -0.39 is 11.8 Å². The van der Waals surface area contributed by atoms with Crippen LogP contribution in [0.1, 0.15) is 25.0 Å². The monoisotopic (exact) mass is 399 g/mol. The zero-order valence-electron chi connectivity index (χ0n) is 16.3. The molecule has 6 heteroatoms. The molecule has 1 aliphatic heterocycles. The summed E-state index contributed by atoms with van der Waals surface area (Å²) >= 11 is 6.28. The summed E-state index contributed by atoms with van der Waals surface area (Å²) in [5.41, 5.74) is 2.01. The molecule has 2 aromatic carbocycles. The fraction of sp³-hybridized carbons (Fsp3) is 0.273. The van der Waals surface area contributed by atoms with Crippen LogP contribution in [0.25, 0.3) is 5.57 Å². The van der Waals surface area contributed by atoms with Gasteiger partial charge in [0.05, 0.1) is 25.0 Å². The zero-order chi connectivity index (χ0) is 20.4. The molecule has 146 valence electrons. The van der Waals surface area contributed by atoms with Crippen molar-refractivity contribution < 1.29 is 19.1 Å². The summed E-state index contributed by atoms with van der Waals surface area (Å²) in [4.78, 5) is 26.9. The number of benzene rings is 2. The minimum atomic E-state index is -0.564. The van der Waals surface area contributed by atoms with Gasteiger partial charge in [-0.05, 0) is 48.2 Å². The van der Waals surface area contributed by atoms with E-state index in [-0.39, 0.29) is 10.6 Å². The van der Waals surface area contributed by atoms with Gasteiger partial charge < -0.3 is 9.47 Å². The van der Waals surface area contributed by atoms with Crippen LogP contribution in [-0.4, -0.2) is 25.5 Å². The molecule has 1 heterocycles. The molecule has 0 aromatic heterocycles. The summed E-state index contributed by atoms with van der Waals surface area (Å²) in [5, 5.41) is -0.107. The minimum absolute atomic E-state index is 0.107. The summed E-state index contributed by atoms with van der Waals surface area (Å²) < 4.78 is 11.0. The molecule has 0 saturated carbocycles. The van der Waals surface area contributed by atoms with E-state index in [4.69, 9.17) is 21.1 Å². The summed E-state index contributed by atoms with van der Waals surface area (Å²) in [6.07, 6.45) is 0. The second-order valence-electron chi connectivity index (χ2n) is 7.04. The molecule has 0 bridgehead atoms. The second kappa shape index (κ2) is 8.07. The maximum absolute atomic E-state index is 13.1. The van der Waals surface area contributed by atoms with Crippen LogP contribution < -0.4 is 14.4 Å². The van der Waals surface area contributed by atoms with E-state index in [0.717, 1.165) is 10.5 Å². The van der Waals surface area contributed by atoms with E-state index in [0.29, 0.717) is 35.3 Å². The first-order valence-electron chi connectivity index (χ1n) is 9.00. The first kappa shape index (κ1) is 20.0. The smallest absolute Gasteiger partial charge is 0.277 e. The number of aryl methyl sites for hydroxylation is 1. The van der Waals surface area contributed by atoms with E-state index in [2.05, 4.69) is 13.8 Å². The Kier molecular flexibility index (Phi) is 5.75. The number of nitrogens with zero attached hydrogens (tertiary/aromatic N) is 1. The van der Waals surface area contributed by atoms with E-state index in [1.807, 2.05) is 13.0 Å². The molecule has 1 aliphatic rings. The van der Waals surface area contributed by atoms with Crippen molar-refractivity contribution in [2.24, 2.45) is 5.92 Å². The second-order valence-corrected chi connectivity index (χ2v) is 7.42. The normalized spacial score (nSPS) is 14.3. The number of anilines is 1. The van der Waals surface area contributed by atoms with Gasteiger partial charge in [-0.3, -0.25) is 9.59 Å². The van der Waals surface area contributed by atoms with Crippen molar-refractivity contribution in [3.05, 3.63) is 58.6 Å². The van der Waals surface area contributed by atoms with E-state index in [9.17, 15) is 9.59 Å². The number of ether oxygens (including phenoxy) is 2. The van der Waals surface area contributed by atoms with Crippen molar-refractivity contribution in [3.63, 3.8) is 0 Å². The molecule has 2 aromatic rings. The van der Waals surface area contributed by atoms with Crippen molar-refractivity contribution in [1.29, 1.82) is 0 Å². The lowest BCUT2D eigenvalue weighted by Crippen LogP contribution is -2.31. The third kappa shape index (κ3) is 3.76. The van der Waals surface area contributed by atoms with Gasteiger partial charge in [0.15, 0.2) is 0 Å². The lowest BCUT2D eigenvalue weighted by atomic mass is 10.1. The molecular weight excluding hydrogens is 378 g/mol. The fourth-order valence-corrected chi connectivity index (χ4v) is 3.20. The van der Waals surface area contributed by atoms with Crippen molar-refractivity contribution in [2.75, 3.05) is 18.6 Å². The highest BCUT2D eigenvalue weighted by Crippen LogP contribution is 2.39. The molecule has 0 atom stereocenters. The van der Waals surface area contributed by atoms with E-state index in [1.54, 1.807) is 36.4 Å². The van der Waals surface area contributed by atoms with Gasteiger partial charge >= 0.3 is 0 Å². The fourth-order valence-electron chi connectivity index (χ4n) is 2.93. The highest BCUT2D eigenvalue weighted by molar-refractivity contribution is 6.60. The first-order chi connectivity index (χ1) is 13.3. The van der Waals surface area contributed by atoms with Crippen LogP contribution in [0.4, 0.5) is 5.69 Å². The maximum Gasteiger partial charge on any atom is 0.277 e. The Labute approximate surface area is 169 Å². The molecule has 0 unspecified atom stereocenters. The average molecular weight is 400 g/mol. The molecule has 0 spiro atoms. The van der Waals surface area contributed by atoms with Crippen molar-refractivity contribution in [2.45, 2.75) is 20.8 Å². The highest BCUT2D eigenvalue weighted by Gasteiger charge is 2.40. The summed E-state index contributed by atoms with van der Waals surface area (Å²) in [7, 11) is 1.49. The van der Waals surface area contributed by atoms with Crippen LogP contribution in [0.2, 0.25) is 0 Å². The topological polar surface area (TPSA) is 55.8 Å². The van der Waals surface area contributed by atoms with Crippen LogP contribution in [0.3, 0.4) is 0 Å². The highest BCUT2D eigenvalue weighted by atomic mass is 35.5. The Morgan fingerprint density at radius 3 is 2.32 bits per heavy atom. The lowest BCUT2D eigenvalue weighted by molar-refractivity contribution is -0.119. The van der Waals surface area contributed by atoms with Gasteiger partial charge in [0.1, 0.15) is 16.5 Å². The quantitative estimate of drug-likeness (QED) is 0.668. The molecule has 0 fully saturated rings. The van der Waals surface area contributed by atoms with E-state index >= 15 is 0 Å². The van der Waals surface area contributed by atoms with Crippen molar-refractivity contribution >= 4 is 34.7 Å². The molecule has 0 radical (unpaired) electrons. The number of amides is 2. The number of halogens is 1. The SMILES string of the molecule is COc1ccc(C)cc1N1C(=O)C(Cl)=C(c2ccc(OCC(C)C)cc2)C1=O. The summed E-state index contributed by atoms with van der Waals surface area (Å²) in [5.74, 6) is 0.489. The van der Waals surface area contributed by atoms with Crippen LogP contribution in [0, 0.1) is 12.8 Å². The van der Waals surface area contributed by atoms with Crippen molar-refractivity contribution in [3.8, 4) is 11.5 Å². The lowest BCUT2D eigenvalue weighted by Gasteiger charge is -2.18. The van der Waals surface area contributed by atoms with Crippen molar-refractivity contribution in [1.82, 2.24) is 0 Å². The summed E-state index contributed by atoms with van der Waals surface area (Å²) in [6, 6.07) is 12.3. The van der Waals surface area contributed by atoms with Crippen LogP contribution in [-0.2, 0) is 9.59 Å². The summed E-state index contributed by atoms with van der Waals surface area (Å²) in [6.45, 7) is 6.60. The van der Waals surface area contributed by atoms with Gasteiger partial charge in [-0.1, -0.05) is 43.6 Å². The van der Waals surface area contributed by atoms with Crippen LogP contribution in [0.5, 0.6) is 11.5 Å². The molecule has 3 rings (SSSR count). The predicted molar refractivity (Wildman–Crippen MR) is 110 cm³/mol. The van der Waals surface area contributed by atoms with Gasteiger partial charge in [0.2, 0.25) is 0 Å². The number of methoxy groups -OCH3 is 1. The largest absolute Gasteiger partial charge is 0.495 e. The van der Waals surface area contributed by atoms with Crippen LogP contribution >= 0.6 is 11.6 Å². The number of rotatable bonds is 6. The van der Waals surface area contributed by atoms with Gasteiger partial charge in [0.25, 0.3) is 11.8 Å². The number of hydrogen-bond acceptors (Lipinski definition) is 4. The first-order valence-corrected chi connectivity index (χ1v) is 9.37. The maximum atomic E-state index is 13.1. The molecule has 28 heavy (non-hydrogen) atoms. The van der Waals surface area contributed by atoms with Gasteiger partial charge in [-0.2, -0.15) is 0 Å². The number of carbonyl (C=O) groups is 2. The zero-order valence-corrected chi connectivity index (χ0v) is 17.0. The third-order valence-corrected chi connectivity index (χ3v) is 4.68. The Bertz CT molecular complexity index is 948. The van der Waals surface area contributed by atoms with Gasteiger partial charge in [-0.25, -0.2) is 4.90 Å². The standard InChI is InChI=1S/C22H22ClNO4/c1-13(2)12-28-16-8-6-15(7-9-16)19-20(23)22(26)24(21(19)25)17-11-14(3)5-10-18(17)27-4/h5-11,13H,12H2,1-4H3. The van der Waals surface area contributed by atoms with Gasteiger partial charge in [-0.15, -0.1) is 0 Å². The third-order valence-electron chi connectivity index (χ3n) is 4.33. The Hall–Kier alpha value is -2.79. The number of imide groups is 1. The Balaban J connectivity index is 1.93. The molecule has 5 nitrogen and oxygen atoms in total. The van der Waals surface area contributed by atoms with E-state index in [1.165, 1.54) is 7.11 Å². The number of carbonyl (C=O) groups excluding carboxylic acids is 2. The molecule has 0 aliphatic carbocycles. The predicted octanol–water partition coefficient (Wildman–Crippen LogP) is 4.56. The molecule has 0 N–H and O–H groups in total. The number of hydrogen-bond donors (Lipinski definition) is 0. The molecule has 2 amide bonds. The Morgan fingerprint density at radius 1 is 1.04 bits per heavy atom. The van der Waals surface area contributed by atoms with Gasteiger partial charge in [0, 0.05) is 0 Å². The molecular formula is C22H22ClNO4. The van der Waals surface area contributed by atoms with Crippen LogP contribution in [0.15, 0.2) is 47.5 Å².